The molecule has 0 radical (unpaired) electrons. The summed E-state index contributed by atoms with van der Waals surface area (Å²) >= 11 is 5.53. The molecular weight excluding hydrogens is 308 g/mol. The average Bonchev–Trinajstić information content (AvgIpc) is 3.32. The van der Waals surface area contributed by atoms with Crippen molar-refractivity contribution in [1.29, 1.82) is 0 Å². The summed E-state index contributed by atoms with van der Waals surface area (Å²) in [7, 11) is 0. The van der Waals surface area contributed by atoms with Gasteiger partial charge < -0.3 is 15.1 Å². The van der Waals surface area contributed by atoms with Gasteiger partial charge in [-0.05, 0) is 37.9 Å². The second kappa shape index (κ2) is 6.55. The molecule has 2 heterocycles. The van der Waals surface area contributed by atoms with Gasteiger partial charge in [0.25, 0.3) is 0 Å². The Balaban J connectivity index is 1.65. The third-order valence-corrected chi connectivity index (χ3v) is 6.16. The monoisotopic (exact) mass is 338 g/mol. The number of likely N-dealkylation sites (N-methyl/N-ethyl adjacent to an activating group) is 1. The van der Waals surface area contributed by atoms with Gasteiger partial charge in [-0.2, -0.15) is 0 Å². The first kappa shape index (κ1) is 17.0. The van der Waals surface area contributed by atoms with Gasteiger partial charge in [0.05, 0.1) is 11.7 Å². The molecule has 1 spiro atoms. The lowest BCUT2D eigenvalue weighted by atomic mass is 9.95. The predicted octanol–water partition coefficient (Wildman–Crippen LogP) is 1.68. The van der Waals surface area contributed by atoms with E-state index in [1.807, 2.05) is 0 Å². The summed E-state index contributed by atoms with van der Waals surface area (Å²) in [5.41, 5.74) is -0.161. The van der Waals surface area contributed by atoms with E-state index in [1.165, 1.54) is 12.8 Å². The number of carbonyl (C=O) groups excluding carboxylic acids is 1. The van der Waals surface area contributed by atoms with Crippen molar-refractivity contribution in [3.8, 4) is 0 Å². The van der Waals surface area contributed by atoms with Crippen molar-refractivity contribution in [3.63, 3.8) is 0 Å². The van der Waals surface area contributed by atoms with E-state index in [-0.39, 0.29) is 17.6 Å². The molecule has 130 valence electrons. The quantitative estimate of drug-likeness (QED) is 0.764. The molecule has 0 aromatic carbocycles. The van der Waals surface area contributed by atoms with Crippen LogP contribution < -0.4 is 10.6 Å². The summed E-state index contributed by atoms with van der Waals surface area (Å²) in [6.45, 7) is 9.04. The SMILES string of the molecule is CCC(C)C1NC2(CCN(C(=S)NC3CC3)CC2)N(CC)C1=O. The van der Waals surface area contributed by atoms with Crippen molar-refractivity contribution in [2.45, 2.75) is 70.6 Å². The maximum absolute atomic E-state index is 12.8. The molecule has 2 saturated heterocycles. The first-order valence-corrected chi connectivity index (χ1v) is 9.56. The van der Waals surface area contributed by atoms with Crippen molar-refractivity contribution in [3.05, 3.63) is 0 Å². The lowest BCUT2D eigenvalue weighted by Crippen LogP contribution is -2.60. The molecule has 0 bridgehead atoms. The molecule has 0 aromatic heterocycles. The highest BCUT2D eigenvalue weighted by atomic mass is 32.1. The normalized spacial score (nSPS) is 28.3. The van der Waals surface area contributed by atoms with E-state index in [0.717, 1.165) is 44.0 Å². The molecule has 6 heteroatoms. The van der Waals surface area contributed by atoms with Crippen LogP contribution in [0.1, 0.15) is 52.9 Å². The molecular formula is C17H30N4OS. The van der Waals surface area contributed by atoms with Gasteiger partial charge in [-0.1, -0.05) is 20.3 Å². The average molecular weight is 339 g/mol. The van der Waals surface area contributed by atoms with E-state index in [0.29, 0.717) is 12.0 Å². The van der Waals surface area contributed by atoms with Crippen molar-refractivity contribution in [1.82, 2.24) is 20.4 Å². The summed E-state index contributed by atoms with van der Waals surface area (Å²) < 4.78 is 0. The van der Waals surface area contributed by atoms with Crippen LogP contribution in [-0.2, 0) is 4.79 Å². The van der Waals surface area contributed by atoms with Crippen LogP contribution in [0.2, 0.25) is 0 Å². The summed E-state index contributed by atoms with van der Waals surface area (Å²) in [6, 6.07) is 0.578. The largest absolute Gasteiger partial charge is 0.360 e. The first-order chi connectivity index (χ1) is 11.0. The van der Waals surface area contributed by atoms with Gasteiger partial charge in [-0.15, -0.1) is 0 Å². The molecule has 23 heavy (non-hydrogen) atoms. The van der Waals surface area contributed by atoms with Crippen LogP contribution in [-0.4, -0.2) is 58.2 Å². The molecule has 2 atom stereocenters. The Bertz CT molecular complexity index is 471. The van der Waals surface area contributed by atoms with Crippen molar-refractivity contribution in [2.24, 2.45) is 5.92 Å². The number of hydrogen-bond donors (Lipinski definition) is 2. The second-order valence-electron chi connectivity index (χ2n) is 7.33. The Kier molecular flexibility index (Phi) is 4.83. The number of nitrogens with zero attached hydrogens (tertiary/aromatic N) is 2. The third-order valence-electron chi connectivity index (χ3n) is 5.78. The van der Waals surface area contributed by atoms with Gasteiger partial charge in [-0.25, -0.2) is 0 Å². The second-order valence-corrected chi connectivity index (χ2v) is 7.72. The highest BCUT2D eigenvalue weighted by Gasteiger charge is 2.51. The molecule has 2 N–H and O–H groups in total. The number of amides is 1. The molecule has 2 aliphatic heterocycles. The van der Waals surface area contributed by atoms with Crippen molar-refractivity contribution in [2.75, 3.05) is 19.6 Å². The molecule has 3 rings (SSSR count). The molecule has 1 amide bonds. The number of hydrogen-bond acceptors (Lipinski definition) is 3. The Morgan fingerprint density at radius 3 is 2.57 bits per heavy atom. The summed E-state index contributed by atoms with van der Waals surface area (Å²) in [5, 5.41) is 8.03. The van der Waals surface area contributed by atoms with Crippen LogP contribution in [0.3, 0.4) is 0 Å². The van der Waals surface area contributed by atoms with Crippen LogP contribution in [0.15, 0.2) is 0 Å². The number of carbonyl (C=O) groups is 1. The van der Waals surface area contributed by atoms with E-state index in [1.54, 1.807) is 0 Å². The highest BCUT2D eigenvalue weighted by molar-refractivity contribution is 7.80. The van der Waals surface area contributed by atoms with Crippen molar-refractivity contribution >= 4 is 23.2 Å². The zero-order valence-corrected chi connectivity index (χ0v) is 15.4. The highest BCUT2D eigenvalue weighted by Crippen LogP contribution is 2.34. The minimum Gasteiger partial charge on any atom is -0.360 e. The lowest BCUT2D eigenvalue weighted by Gasteiger charge is -2.45. The molecule has 1 saturated carbocycles. The van der Waals surface area contributed by atoms with E-state index in [4.69, 9.17) is 12.2 Å². The van der Waals surface area contributed by atoms with Gasteiger partial charge in [-0.3, -0.25) is 10.1 Å². The number of likely N-dealkylation sites (tertiary alicyclic amines) is 1. The fourth-order valence-electron chi connectivity index (χ4n) is 3.88. The number of piperidine rings is 1. The van der Waals surface area contributed by atoms with Crippen LogP contribution in [0.4, 0.5) is 0 Å². The maximum atomic E-state index is 12.8. The third kappa shape index (κ3) is 3.20. The van der Waals surface area contributed by atoms with E-state index < -0.39 is 0 Å². The molecule has 1 aliphatic carbocycles. The maximum Gasteiger partial charge on any atom is 0.241 e. The number of thiocarbonyl (C=S) groups is 1. The van der Waals surface area contributed by atoms with E-state index in [9.17, 15) is 4.79 Å². The molecule has 3 aliphatic rings. The van der Waals surface area contributed by atoms with Gasteiger partial charge in [0, 0.05) is 38.5 Å². The van der Waals surface area contributed by atoms with Gasteiger partial charge in [0.1, 0.15) is 0 Å². The van der Waals surface area contributed by atoms with Gasteiger partial charge in [0.15, 0.2) is 5.11 Å². The standard InChI is InChI=1S/C17H30N4OS/c1-4-12(3)14-15(22)21(5-2)17(19-14)8-10-20(11-9-17)16(23)18-13-6-7-13/h12-14,19H,4-11H2,1-3H3,(H,18,23). The first-order valence-electron chi connectivity index (χ1n) is 9.15. The zero-order valence-electron chi connectivity index (χ0n) is 14.6. The van der Waals surface area contributed by atoms with E-state index in [2.05, 4.69) is 41.2 Å². The van der Waals surface area contributed by atoms with Gasteiger partial charge >= 0.3 is 0 Å². The predicted molar refractivity (Wildman–Crippen MR) is 96.1 cm³/mol. The summed E-state index contributed by atoms with van der Waals surface area (Å²) in [6.07, 6.45) is 5.42. The minimum absolute atomic E-state index is 0.0250. The molecule has 2 unspecified atom stereocenters. The smallest absolute Gasteiger partial charge is 0.241 e. The topological polar surface area (TPSA) is 47.6 Å². The lowest BCUT2D eigenvalue weighted by molar-refractivity contribution is -0.133. The number of nitrogens with one attached hydrogen (secondary N) is 2. The Labute approximate surface area is 145 Å². The fourth-order valence-corrected chi connectivity index (χ4v) is 4.22. The fraction of sp³-hybridized carbons (Fsp3) is 0.882. The Morgan fingerprint density at radius 2 is 2.04 bits per heavy atom. The zero-order chi connectivity index (χ0) is 16.6. The summed E-state index contributed by atoms with van der Waals surface area (Å²) in [5.74, 6) is 0.667. The van der Waals surface area contributed by atoms with Gasteiger partial charge in [0.2, 0.25) is 5.91 Å². The Hall–Kier alpha value is -0.880. The van der Waals surface area contributed by atoms with Crippen LogP contribution in [0.5, 0.6) is 0 Å². The molecule has 3 fully saturated rings. The molecule has 0 aromatic rings. The van der Waals surface area contributed by atoms with Crippen LogP contribution in [0, 0.1) is 5.92 Å². The Morgan fingerprint density at radius 1 is 1.39 bits per heavy atom. The molecule has 5 nitrogen and oxygen atoms in total. The van der Waals surface area contributed by atoms with E-state index >= 15 is 0 Å². The minimum atomic E-state index is -0.161. The number of rotatable bonds is 4. The van der Waals surface area contributed by atoms with Crippen LogP contribution >= 0.6 is 12.2 Å². The summed E-state index contributed by atoms with van der Waals surface area (Å²) in [4.78, 5) is 17.1. The van der Waals surface area contributed by atoms with Crippen molar-refractivity contribution < 1.29 is 4.79 Å². The van der Waals surface area contributed by atoms with Crippen LogP contribution in [0.25, 0.3) is 0 Å².